The van der Waals surface area contributed by atoms with Gasteiger partial charge in [0.1, 0.15) is 0 Å². The van der Waals surface area contributed by atoms with Gasteiger partial charge in [-0.15, -0.1) is 0 Å². The zero-order valence-electron chi connectivity index (χ0n) is 8.10. The molecule has 1 unspecified atom stereocenters. The summed E-state index contributed by atoms with van der Waals surface area (Å²) in [7, 11) is 0. The molecule has 0 aromatic heterocycles. The van der Waals surface area contributed by atoms with Gasteiger partial charge in [-0.2, -0.15) is 0 Å². The topological polar surface area (TPSA) is 17.1 Å². The van der Waals surface area contributed by atoms with Crippen molar-refractivity contribution < 1.29 is 4.79 Å². The molecule has 0 radical (unpaired) electrons. The van der Waals surface area contributed by atoms with Crippen molar-refractivity contribution in [2.45, 2.75) is 26.7 Å². The molecule has 0 bridgehead atoms. The van der Waals surface area contributed by atoms with Gasteiger partial charge >= 0.3 is 0 Å². The summed E-state index contributed by atoms with van der Waals surface area (Å²) in [5.74, 6) is -0.206. The number of halogens is 1. The largest absolute Gasteiger partial charge is 0.281 e. The highest BCUT2D eigenvalue weighted by Gasteiger charge is 2.14. The molecule has 0 aliphatic heterocycles. The lowest BCUT2D eigenvalue weighted by Crippen LogP contribution is -2.03. The Balaban J connectivity index is 3.08. The van der Waals surface area contributed by atoms with E-state index >= 15 is 0 Å². The first kappa shape index (κ1) is 10.3. The normalized spacial score (nSPS) is 12.6. The van der Waals surface area contributed by atoms with E-state index in [2.05, 4.69) is 6.07 Å². The van der Waals surface area contributed by atoms with E-state index in [0.29, 0.717) is 0 Å². The molecule has 13 heavy (non-hydrogen) atoms. The predicted molar refractivity (Wildman–Crippen MR) is 55.2 cm³/mol. The van der Waals surface area contributed by atoms with Crippen molar-refractivity contribution in [1.82, 2.24) is 0 Å². The third-order valence-corrected chi connectivity index (χ3v) is 2.56. The molecule has 0 spiro atoms. The van der Waals surface area contributed by atoms with Crippen molar-refractivity contribution in [2.75, 3.05) is 0 Å². The SMILES string of the molecule is Cc1ccc(C(C)C(=O)Cl)c(C)c1. The van der Waals surface area contributed by atoms with Crippen molar-refractivity contribution in [1.29, 1.82) is 0 Å². The maximum atomic E-state index is 10.9. The Morgan fingerprint density at radius 3 is 2.46 bits per heavy atom. The first-order valence-corrected chi connectivity index (χ1v) is 4.66. The fourth-order valence-electron chi connectivity index (χ4n) is 1.43. The average Bonchev–Trinajstić information content (AvgIpc) is 2.03. The van der Waals surface area contributed by atoms with Gasteiger partial charge in [0.2, 0.25) is 5.24 Å². The second-order valence-corrected chi connectivity index (χ2v) is 3.76. The summed E-state index contributed by atoms with van der Waals surface area (Å²) < 4.78 is 0. The molecule has 0 amide bonds. The Morgan fingerprint density at radius 1 is 1.38 bits per heavy atom. The second kappa shape index (κ2) is 3.93. The first-order chi connectivity index (χ1) is 6.02. The highest BCUT2D eigenvalue weighted by Crippen LogP contribution is 2.22. The molecule has 70 valence electrons. The van der Waals surface area contributed by atoms with Gasteiger partial charge in [-0.1, -0.05) is 30.7 Å². The molecule has 2 heteroatoms. The minimum absolute atomic E-state index is 0.206. The van der Waals surface area contributed by atoms with Gasteiger partial charge < -0.3 is 0 Å². The van der Waals surface area contributed by atoms with Crippen LogP contribution in [-0.4, -0.2) is 5.24 Å². The van der Waals surface area contributed by atoms with Crippen LogP contribution < -0.4 is 0 Å². The van der Waals surface area contributed by atoms with Crippen LogP contribution in [0, 0.1) is 13.8 Å². The lowest BCUT2D eigenvalue weighted by Gasteiger charge is -2.10. The van der Waals surface area contributed by atoms with Crippen LogP contribution >= 0.6 is 11.6 Å². The summed E-state index contributed by atoms with van der Waals surface area (Å²) in [5, 5.41) is -0.299. The standard InChI is InChI=1S/C11H13ClO/c1-7-4-5-10(8(2)6-7)9(3)11(12)13/h4-6,9H,1-3H3. The molecule has 0 heterocycles. The van der Waals surface area contributed by atoms with Crippen LogP contribution in [0.1, 0.15) is 29.5 Å². The van der Waals surface area contributed by atoms with E-state index in [1.54, 1.807) is 0 Å². The Hall–Kier alpha value is -0.820. The van der Waals surface area contributed by atoms with Gasteiger partial charge in [0.05, 0.1) is 5.92 Å². The van der Waals surface area contributed by atoms with Gasteiger partial charge in [-0.05, 0) is 36.6 Å². The smallest absolute Gasteiger partial charge is 0.228 e. The van der Waals surface area contributed by atoms with Crippen LogP contribution in [-0.2, 0) is 4.79 Å². The Morgan fingerprint density at radius 2 is 2.00 bits per heavy atom. The number of carbonyl (C=O) groups excluding carboxylic acids is 1. The van der Waals surface area contributed by atoms with Gasteiger partial charge in [0.25, 0.3) is 0 Å². The zero-order valence-corrected chi connectivity index (χ0v) is 8.85. The number of rotatable bonds is 2. The molecule has 0 saturated carbocycles. The molecular formula is C11H13ClO. The van der Waals surface area contributed by atoms with E-state index in [4.69, 9.17) is 11.6 Å². The maximum Gasteiger partial charge on any atom is 0.228 e. The fraction of sp³-hybridized carbons (Fsp3) is 0.364. The third-order valence-electron chi connectivity index (χ3n) is 2.23. The van der Waals surface area contributed by atoms with Crippen molar-refractivity contribution in [3.8, 4) is 0 Å². The average molecular weight is 197 g/mol. The Labute approximate surface area is 83.7 Å². The molecular weight excluding hydrogens is 184 g/mol. The van der Waals surface area contributed by atoms with Crippen LogP contribution in [0.25, 0.3) is 0 Å². The summed E-state index contributed by atoms with van der Waals surface area (Å²) in [4.78, 5) is 10.9. The number of hydrogen-bond donors (Lipinski definition) is 0. The van der Waals surface area contributed by atoms with Crippen LogP contribution in [0.5, 0.6) is 0 Å². The molecule has 0 fully saturated rings. The van der Waals surface area contributed by atoms with E-state index < -0.39 is 0 Å². The highest BCUT2D eigenvalue weighted by molar-refractivity contribution is 6.64. The molecule has 1 nitrogen and oxygen atoms in total. The molecule has 0 aliphatic rings. The van der Waals surface area contributed by atoms with Gasteiger partial charge in [-0.25, -0.2) is 0 Å². The lowest BCUT2D eigenvalue weighted by molar-refractivity contribution is -0.112. The van der Waals surface area contributed by atoms with Gasteiger partial charge in [0.15, 0.2) is 0 Å². The third kappa shape index (κ3) is 2.31. The van der Waals surface area contributed by atoms with Crippen molar-refractivity contribution in [3.05, 3.63) is 34.9 Å². The molecule has 1 aromatic rings. The van der Waals surface area contributed by atoms with Gasteiger partial charge in [0, 0.05) is 0 Å². The summed E-state index contributed by atoms with van der Waals surface area (Å²) in [5.41, 5.74) is 3.35. The molecule has 1 atom stereocenters. The van der Waals surface area contributed by atoms with Crippen LogP contribution in [0.3, 0.4) is 0 Å². The fourth-order valence-corrected chi connectivity index (χ4v) is 1.55. The molecule has 0 saturated heterocycles. The van der Waals surface area contributed by atoms with Crippen molar-refractivity contribution in [2.24, 2.45) is 0 Å². The van der Waals surface area contributed by atoms with E-state index in [9.17, 15) is 4.79 Å². The first-order valence-electron chi connectivity index (χ1n) is 4.29. The van der Waals surface area contributed by atoms with E-state index in [0.717, 1.165) is 11.1 Å². The second-order valence-electron chi connectivity index (χ2n) is 3.39. The molecule has 1 rings (SSSR count). The zero-order chi connectivity index (χ0) is 10.0. The van der Waals surface area contributed by atoms with E-state index in [-0.39, 0.29) is 11.2 Å². The number of hydrogen-bond acceptors (Lipinski definition) is 1. The minimum atomic E-state index is -0.299. The molecule has 0 N–H and O–H groups in total. The summed E-state index contributed by atoms with van der Waals surface area (Å²) in [6, 6.07) is 6.03. The van der Waals surface area contributed by atoms with Crippen molar-refractivity contribution >= 4 is 16.8 Å². The maximum absolute atomic E-state index is 10.9. The quantitative estimate of drug-likeness (QED) is 0.664. The van der Waals surface area contributed by atoms with E-state index in [1.165, 1.54) is 5.56 Å². The van der Waals surface area contributed by atoms with Gasteiger partial charge in [-0.3, -0.25) is 4.79 Å². The number of aryl methyl sites for hydroxylation is 2. The van der Waals surface area contributed by atoms with Crippen molar-refractivity contribution in [3.63, 3.8) is 0 Å². The molecule has 1 aromatic carbocycles. The summed E-state index contributed by atoms with van der Waals surface area (Å²) in [6.45, 7) is 5.86. The number of benzene rings is 1. The minimum Gasteiger partial charge on any atom is -0.281 e. The Bertz CT molecular complexity index is 331. The Kier molecular flexibility index (Phi) is 3.10. The highest BCUT2D eigenvalue weighted by atomic mass is 35.5. The predicted octanol–water partition coefficient (Wildman–Crippen LogP) is 3.17. The van der Waals surface area contributed by atoms with Crippen LogP contribution in [0.2, 0.25) is 0 Å². The van der Waals surface area contributed by atoms with Crippen LogP contribution in [0.15, 0.2) is 18.2 Å². The lowest BCUT2D eigenvalue weighted by atomic mass is 9.96. The molecule has 0 aliphatic carbocycles. The van der Waals surface area contributed by atoms with Crippen LogP contribution in [0.4, 0.5) is 0 Å². The van der Waals surface area contributed by atoms with E-state index in [1.807, 2.05) is 32.9 Å². The summed E-state index contributed by atoms with van der Waals surface area (Å²) >= 11 is 5.44. The number of carbonyl (C=O) groups is 1. The summed E-state index contributed by atoms with van der Waals surface area (Å²) in [6.07, 6.45) is 0. The monoisotopic (exact) mass is 196 g/mol.